The molecule has 1 aromatic rings. The SMILES string of the molecule is CCC(C)NC1C(=O)Nc2cc(C)cc(C)c21. The first-order valence-electron chi connectivity index (χ1n) is 6.21. The average Bonchev–Trinajstić information content (AvgIpc) is 2.55. The molecule has 0 saturated carbocycles. The molecule has 0 aliphatic carbocycles. The monoisotopic (exact) mass is 232 g/mol. The fourth-order valence-electron chi connectivity index (χ4n) is 2.36. The first kappa shape index (κ1) is 12.1. The fraction of sp³-hybridized carbons (Fsp3) is 0.500. The molecule has 0 saturated heterocycles. The van der Waals surface area contributed by atoms with Crippen LogP contribution < -0.4 is 10.6 Å². The number of hydrogen-bond acceptors (Lipinski definition) is 2. The number of hydrogen-bond donors (Lipinski definition) is 2. The molecule has 0 spiro atoms. The fourth-order valence-corrected chi connectivity index (χ4v) is 2.36. The van der Waals surface area contributed by atoms with Crippen LogP contribution in [-0.2, 0) is 4.79 Å². The zero-order valence-corrected chi connectivity index (χ0v) is 10.9. The predicted molar refractivity (Wildman–Crippen MR) is 70.2 cm³/mol. The molecular formula is C14H20N2O. The van der Waals surface area contributed by atoms with Crippen molar-refractivity contribution in [3.05, 3.63) is 28.8 Å². The highest BCUT2D eigenvalue weighted by molar-refractivity contribution is 6.03. The van der Waals surface area contributed by atoms with Crippen molar-refractivity contribution < 1.29 is 4.79 Å². The highest BCUT2D eigenvalue weighted by Gasteiger charge is 2.32. The van der Waals surface area contributed by atoms with Gasteiger partial charge in [0.2, 0.25) is 5.91 Å². The molecule has 1 heterocycles. The number of carbonyl (C=O) groups is 1. The summed E-state index contributed by atoms with van der Waals surface area (Å²) in [7, 11) is 0. The number of aryl methyl sites for hydroxylation is 2. The number of anilines is 1. The quantitative estimate of drug-likeness (QED) is 0.841. The van der Waals surface area contributed by atoms with Crippen LogP contribution in [0.15, 0.2) is 12.1 Å². The maximum absolute atomic E-state index is 12.0. The molecule has 1 aliphatic heterocycles. The van der Waals surface area contributed by atoms with Gasteiger partial charge in [-0.3, -0.25) is 10.1 Å². The van der Waals surface area contributed by atoms with Crippen molar-refractivity contribution in [3.63, 3.8) is 0 Å². The first-order chi connectivity index (χ1) is 8.02. The summed E-state index contributed by atoms with van der Waals surface area (Å²) in [5.74, 6) is 0.0639. The molecule has 1 amide bonds. The van der Waals surface area contributed by atoms with E-state index in [-0.39, 0.29) is 11.9 Å². The molecule has 0 aromatic heterocycles. The van der Waals surface area contributed by atoms with Crippen LogP contribution in [0, 0.1) is 13.8 Å². The van der Waals surface area contributed by atoms with E-state index in [0.717, 1.165) is 17.7 Å². The Hall–Kier alpha value is -1.35. The lowest BCUT2D eigenvalue weighted by Gasteiger charge is -2.18. The van der Waals surface area contributed by atoms with Crippen molar-refractivity contribution >= 4 is 11.6 Å². The van der Waals surface area contributed by atoms with Crippen molar-refractivity contribution in [1.82, 2.24) is 5.32 Å². The topological polar surface area (TPSA) is 41.1 Å². The van der Waals surface area contributed by atoms with Crippen LogP contribution in [0.25, 0.3) is 0 Å². The van der Waals surface area contributed by atoms with E-state index < -0.39 is 0 Å². The summed E-state index contributed by atoms with van der Waals surface area (Å²) in [5, 5.41) is 6.34. The Bertz CT molecular complexity index is 454. The molecule has 0 radical (unpaired) electrons. The zero-order valence-electron chi connectivity index (χ0n) is 10.9. The summed E-state index contributed by atoms with van der Waals surface area (Å²) >= 11 is 0. The van der Waals surface area contributed by atoms with E-state index in [4.69, 9.17) is 0 Å². The standard InChI is InChI=1S/C14H20N2O/c1-5-10(4)15-13-12-9(3)6-8(2)7-11(12)16-14(13)17/h6-7,10,13,15H,5H2,1-4H3,(H,16,17). The normalized spacial score (nSPS) is 20.0. The Labute approximate surface area is 103 Å². The molecule has 0 fully saturated rings. The van der Waals surface area contributed by atoms with Gasteiger partial charge in [0.1, 0.15) is 6.04 Å². The largest absolute Gasteiger partial charge is 0.324 e. The lowest BCUT2D eigenvalue weighted by molar-refractivity contribution is -0.117. The minimum absolute atomic E-state index is 0.0639. The molecule has 3 nitrogen and oxygen atoms in total. The van der Waals surface area contributed by atoms with Gasteiger partial charge in [-0.25, -0.2) is 0 Å². The van der Waals surface area contributed by atoms with Gasteiger partial charge in [0.05, 0.1) is 0 Å². The van der Waals surface area contributed by atoms with Gasteiger partial charge in [-0.1, -0.05) is 13.0 Å². The smallest absolute Gasteiger partial charge is 0.246 e. The maximum Gasteiger partial charge on any atom is 0.246 e. The minimum atomic E-state index is -0.194. The van der Waals surface area contributed by atoms with Gasteiger partial charge >= 0.3 is 0 Å². The maximum atomic E-state index is 12.0. The van der Waals surface area contributed by atoms with Crippen LogP contribution in [0.3, 0.4) is 0 Å². The van der Waals surface area contributed by atoms with Crippen molar-refractivity contribution in [3.8, 4) is 0 Å². The lowest BCUT2D eigenvalue weighted by atomic mass is 9.99. The van der Waals surface area contributed by atoms with Gasteiger partial charge in [0, 0.05) is 17.3 Å². The second-order valence-corrected chi connectivity index (χ2v) is 4.94. The molecule has 2 rings (SSSR count). The van der Waals surface area contributed by atoms with Crippen LogP contribution in [0.2, 0.25) is 0 Å². The van der Waals surface area contributed by atoms with Gasteiger partial charge < -0.3 is 5.32 Å². The average molecular weight is 232 g/mol. The molecule has 1 aromatic carbocycles. The van der Waals surface area contributed by atoms with Gasteiger partial charge in [0.15, 0.2) is 0 Å². The third kappa shape index (κ3) is 2.20. The van der Waals surface area contributed by atoms with Crippen LogP contribution in [0.4, 0.5) is 5.69 Å². The molecule has 0 bridgehead atoms. The molecule has 1 aliphatic rings. The van der Waals surface area contributed by atoms with E-state index in [1.54, 1.807) is 0 Å². The van der Waals surface area contributed by atoms with Crippen LogP contribution >= 0.6 is 0 Å². The summed E-state index contributed by atoms with van der Waals surface area (Å²) in [6, 6.07) is 4.32. The number of amides is 1. The van der Waals surface area contributed by atoms with Crippen molar-refractivity contribution in [2.75, 3.05) is 5.32 Å². The zero-order chi connectivity index (χ0) is 12.6. The Balaban J connectivity index is 2.36. The number of benzene rings is 1. The Kier molecular flexibility index (Phi) is 3.20. The van der Waals surface area contributed by atoms with E-state index in [1.165, 1.54) is 11.1 Å². The minimum Gasteiger partial charge on any atom is -0.324 e. The molecular weight excluding hydrogens is 212 g/mol. The molecule has 2 unspecified atom stereocenters. The number of fused-ring (bicyclic) bond motifs is 1. The molecule has 2 atom stereocenters. The Morgan fingerprint density at radius 1 is 1.41 bits per heavy atom. The molecule has 2 N–H and O–H groups in total. The Morgan fingerprint density at radius 2 is 2.12 bits per heavy atom. The molecule has 92 valence electrons. The van der Waals surface area contributed by atoms with Crippen LogP contribution in [0.5, 0.6) is 0 Å². The van der Waals surface area contributed by atoms with Gasteiger partial charge in [-0.2, -0.15) is 0 Å². The number of carbonyl (C=O) groups excluding carboxylic acids is 1. The third-order valence-corrected chi connectivity index (χ3v) is 3.40. The highest BCUT2D eigenvalue weighted by atomic mass is 16.2. The van der Waals surface area contributed by atoms with Crippen molar-refractivity contribution in [2.45, 2.75) is 46.2 Å². The van der Waals surface area contributed by atoms with E-state index in [0.29, 0.717) is 6.04 Å². The third-order valence-electron chi connectivity index (χ3n) is 3.40. The number of nitrogens with one attached hydrogen (secondary N) is 2. The summed E-state index contributed by atoms with van der Waals surface area (Å²) in [4.78, 5) is 12.0. The number of rotatable bonds is 3. The second kappa shape index (κ2) is 4.49. The van der Waals surface area contributed by atoms with Gasteiger partial charge in [-0.05, 0) is 44.4 Å². The summed E-state index contributed by atoms with van der Waals surface area (Å²) in [5.41, 5.74) is 4.44. The van der Waals surface area contributed by atoms with E-state index in [1.807, 2.05) is 6.07 Å². The second-order valence-electron chi connectivity index (χ2n) is 4.94. The van der Waals surface area contributed by atoms with E-state index in [9.17, 15) is 4.79 Å². The predicted octanol–water partition coefficient (Wildman–Crippen LogP) is 2.68. The van der Waals surface area contributed by atoms with Crippen molar-refractivity contribution in [1.29, 1.82) is 0 Å². The molecule has 17 heavy (non-hydrogen) atoms. The summed E-state index contributed by atoms with van der Waals surface area (Å²) in [6.07, 6.45) is 1.02. The summed E-state index contributed by atoms with van der Waals surface area (Å²) < 4.78 is 0. The van der Waals surface area contributed by atoms with E-state index in [2.05, 4.69) is 44.4 Å². The summed E-state index contributed by atoms with van der Waals surface area (Å²) in [6.45, 7) is 8.34. The van der Waals surface area contributed by atoms with Gasteiger partial charge in [-0.15, -0.1) is 0 Å². The van der Waals surface area contributed by atoms with Gasteiger partial charge in [0.25, 0.3) is 0 Å². The highest BCUT2D eigenvalue weighted by Crippen LogP contribution is 2.34. The lowest BCUT2D eigenvalue weighted by Crippen LogP contribution is -2.34. The van der Waals surface area contributed by atoms with Crippen LogP contribution in [-0.4, -0.2) is 11.9 Å². The van der Waals surface area contributed by atoms with E-state index >= 15 is 0 Å². The molecule has 3 heteroatoms. The van der Waals surface area contributed by atoms with Crippen molar-refractivity contribution in [2.24, 2.45) is 0 Å². The first-order valence-corrected chi connectivity index (χ1v) is 6.21. The Morgan fingerprint density at radius 3 is 2.76 bits per heavy atom. The van der Waals surface area contributed by atoms with Crippen LogP contribution in [0.1, 0.15) is 43.0 Å².